The zero-order valence-electron chi connectivity index (χ0n) is 9.75. The van der Waals surface area contributed by atoms with Gasteiger partial charge in [0.1, 0.15) is 6.61 Å². The van der Waals surface area contributed by atoms with Crippen molar-refractivity contribution in [2.75, 3.05) is 11.8 Å². The number of benzene rings is 1. The molecule has 0 fully saturated rings. The molecule has 0 aliphatic carbocycles. The highest BCUT2D eigenvalue weighted by molar-refractivity contribution is 6.20. The molecule has 0 aromatic heterocycles. The van der Waals surface area contributed by atoms with E-state index in [2.05, 4.69) is 0 Å². The van der Waals surface area contributed by atoms with E-state index in [1.807, 2.05) is 0 Å². The fourth-order valence-electron chi connectivity index (χ4n) is 1.12. The summed E-state index contributed by atoms with van der Waals surface area (Å²) in [6.45, 7) is 1.88. The minimum Gasteiger partial charge on any atom is -0.733 e. The Morgan fingerprint density at radius 3 is 2.67 bits per heavy atom. The molecule has 0 radical (unpaired) electrons. The topological polar surface area (TPSA) is 72.8 Å². The standard InChI is InChI=1S/C12H13ClNO4/c1-9(13)8-18-12(15)7-4-10-2-5-11(6-3-10)14(16)17/h2-7,9,16H,8H2,1H3/q-1/b7-4+/t9-/m1/s1. The van der Waals surface area contributed by atoms with Gasteiger partial charge in [0, 0.05) is 6.08 Å². The van der Waals surface area contributed by atoms with Crippen molar-refractivity contribution in [3.8, 4) is 0 Å². The normalized spacial score (nSPS) is 12.4. The molecule has 0 heterocycles. The lowest BCUT2D eigenvalue weighted by Crippen LogP contribution is -2.09. The second-order valence-electron chi connectivity index (χ2n) is 3.61. The second-order valence-corrected chi connectivity index (χ2v) is 4.35. The van der Waals surface area contributed by atoms with Crippen LogP contribution in [0, 0.1) is 5.21 Å². The molecule has 1 N–H and O–H groups in total. The predicted molar refractivity (Wildman–Crippen MR) is 69.4 cm³/mol. The van der Waals surface area contributed by atoms with Gasteiger partial charge in [-0.2, -0.15) is 0 Å². The maximum absolute atomic E-state index is 11.2. The van der Waals surface area contributed by atoms with Crippen molar-refractivity contribution < 1.29 is 14.7 Å². The smallest absolute Gasteiger partial charge is 0.330 e. The average Bonchev–Trinajstić information content (AvgIpc) is 2.34. The molecule has 1 rings (SSSR count). The number of esters is 1. The number of alkyl halides is 1. The third-order valence-corrected chi connectivity index (χ3v) is 2.11. The molecular formula is C12H13ClNO4-. The molecule has 1 atom stereocenters. The van der Waals surface area contributed by atoms with E-state index >= 15 is 0 Å². The van der Waals surface area contributed by atoms with Crippen LogP contribution in [0.25, 0.3) is 6.08 Å². The van der Waals surface area contributed by atoms with Gasteiger partial charge in [0.2, 0.25) is 0 Å². The zero-order valence-corrected chi connectivity index (χ0v) is 10.5. The van der Waals surface area contributed by atoms with E-state index in [0.29, 0.717) is 5.56 Å². The number of hydrogen-bond acceptors (Lipinski definition) is 5. The number of anilines is 1. The number of hydrogen-bond donors (Lipinski definition) is 1. The molecule has 0 saturated carbocycles. The molecule has 0 amide bonds. The summed E-state index contributed by atoms with van der Waals surface area (Å²) >= 11 is 5.63. The van der Waals surface area contributed by atoms with E-state index in [1.165, 1.54) is 24.3 Å². The first-order chi connectivity index (χ1) is 8.49. The van der Waals surface area contributed by atoms with Crippen molar-refractivity contribution in [2.24, 2.45) is 0 Å². The average molecular weight is 271 g/mol. The Morgan fingerprint density at radius 1 is 1.56 bits per heavy atom. The van der Waals surface area contributed by atoms with Crippen LogP contribution in [0.1, 0.15) is 12.5 Å². The Labute approximate surface area is 110 Å². The van der Waals surface area contributed by atoms with Crippen molar-refractivity contribution in [3.63, 3.8) is 0 Å². The van der Waals surface area contributed by atoms with E-state index < -0.39 is 5.97 Å². The minimum absolute atomic E-state index is 0.116. The van der Waals surface area contributed by atoms with Crippen molar-refractivity contribution in [1.82, 2.24) is 0 Å². The Kier molecular flexibility index (Phi) is 5.64. The van der Waals surface area contributed by atoms with Gasteiger partial charge in [-0.15, -0.1) is 11.6 Å². The summed E-state index contributed by atoms with van der Waals surface area (Å²) in [4.78, 5) is 11.2. The summed E-state index contributed by atoms with van der Waals surface area (Å²) in [7, 11) is 0. The molecule has 0 bridgehead atoms. The van der Waals surface area contributed by atoms with Crippen molar-refractivity contribution in [1.29, 1.82) is 0 Å². The van der Waals surface area contributed by atoms with E-state index in [0.717, 1.165) is 0 Å². The molecule has 18 heavy (non-hydrogen) atoms. The van der Waals surface area contributed by atoms with Gasteiger partial charge in [-0.25, -0.2) is 4.79 Å². The van der Waals surface area contributed by atoms with Crippen LogP contribution in [-0.2, 0) is 9.53 Å². The van der Waals surface area contributed by atoms with Gasteiger partial charge in [0.25, 0.3) is 0 Å². The molecule has 6 heteroatoms. The Balaban J connectivity index is 2.53. The first kappa shape index (κ1) is 14.5. The monoisotopic (exact) mass is 270 g/mol. The summed E-state index contributed by atoms with van der Waals surface area (Å²) in [5.41, 5.74) is 0.821. The van der Waals surface area contributed by atoms with Gasteiger partial charge in [0.05, 0.1) is 11.1 Å². The quantitative estimate of drug-likeness (QED) is 0.385. The Bertz CT molecular complexity index is 415. The van der Waals surface area contributed by atoms with Crippen molar-refractivity contribution in [2.45, 2.75) is 12.3 Å². The molecule has 0 saturated heterocycles. The number of halogens is 1. The Hall–Kier alpha value is -1.56. The fourth-order valence-corrected chi connectivity index (χ4v) is 1.19. The van der Waals surface area contributed by atoms with Gasteiger partial charge >= 0.3 is 5.97 Å². The van der Waals surface area contributed by atoms with Crippen LogP contribution in [0.3, 0.4) is 0 Å². The maximum atomic E-state index is 11.2. The molecule has 0 aliphatic rings. The largest absolute Gasteiger partial charge is 0.733 e. The molecule has 98 valence electrons. The third kappa shape index (κ3) is 5.18. The van der Waals surface area contributed by atoms with Crippen LogP contribution in [0.5, 0.6) is 0 Å². The molecule has 0 aliphatic heterocycles. The van der Waals surface area contributed by atoms with Crippen LogP contribution in [-0.4, -0.2) is 23.2 Å². The number of nitrogens with zero attached hydrogens (tertiary/aromatic N) is 1. The first-order valence-corrected chi connectivity index (χ1v) is 5.68. The first-order valence-electron chi connectivity index (χ1n) is 5.24. The molecule has 1 aromatic rings. The van der Waals surface area contributed by atoms with Crippen LogP contribution < -0.4 is 5.23 Å². The summed E-state index contributed by atoms with van der Waals surface area (Å²) < 4.78 is 4.83. The number of carbonyl (C=O) groups is 1. The molecule has 0 unspecified atom stereocenters. The van der Waals surface area contributed by atoms with Crippen LogP contribution in [0.2, 0.25) is 0 Å². The lowest BCUT2D eigenvalue weighted by atomic mass is 10.2. The van der Waals surface area contributed by atoms with Crippen LogP contribution >= 0.6 is 11.6 Å². The third-order valence-electron chi connectivity index (χ3n) is 1.98. The van der Waals surface area contributed by atoms with Gasteiger partial charge in [-0.1, -0.05) is 12.1 Å². The van der Waals surface area contributed by atoms with E-state index in [4.69, 9.17) is 21.5 Å². The van der Waals surface area contributed by atoms with Crippen LogP contribution in [0.4, 0.5) is 5.69 Å². The molecule has 1 aromatic carbocycles. The van der Waals surface area contributed by atoms with Gasteiger partial charge in [-0.05, 0) is 30.7 Å². The van der Waals surface area contributed by atoms with Gasteiger partial charge < -0.3 is 15.2 Å². The SMILES string of the molecule is C[C@@H](Cl)COC(=O)/C=C/c1ccc(N([O-])O)cc1. The number of ether oxygens (including phenoxy) is 1. The Morgan fingerprint density at radius 2 is 2.17 bits per heavy atom. The molecule has 5 nitrogen and oxygen atoms in total. The van der Waals surface area contributed by atoms with Crippen molar-refractivity contribution >= 4 is 29.3 Å². The second kappa shape index (κ2) is 7.00. The predicted octanol–water partition coefficient (Wildman–Crippen LogP) is 2.56. The molecule has 0 spiro atoms. The zero-order chi connectivity index (χ0) is 13.5. The highest BCUT2D eigenvalue weighted by Gasteiger charge is 2.00. The number of carbonyl (C=O) groups excluding carboxylic acids is 1. The van der Waals surface area contributed by atoms with E-state index in [1.54, 1.807) is 19.1 Å². The summed E-state index contributed by atoms with van der Waals surface area (Å²) in [5.74, 6) is -0.487. The molecular weight excluding hydrogens is 258 g/mol. The van der Waals surface area contributed by atoms with E-state index in [9.17, 15) is 10.0 Å². The maximum Gasteiger partial charge on any atom is 0.330 e. The van der Waals surface area contributed by atoms with E-state index in [-0.39, 0.29) is 22.9 Å². The summed E-state index contributed by atoms with van der Waals surface area (Å²) in [6, 6.07) is 6.03. The van der Waals surface area contributed by atoms with Gasteiger partial charge in [-0.3, -0.25) is 5.21 Å². The van der Waals surface area contributed by atoms with Crippen molar-refractivity contribution in [3.05, 3.63) is 41.1 Å². The lowest BCUT2D eigenvalue weighted by molar-refractivity contribution is -0.137. The van der Waals surface area contributed by atoms with Gasteiger partial charge in [0.15, 0.2) is 0 Å². The van der Waals surface area contributed by atoms with Crippen LogP contribution in [0.15, 0.2) is 30.3 Å². The minimum atomic E-state index is -0.487. The lowest BCUT2D eigenvalue weighted by Gasteiger charge is -2.21. The summed E-state index contributed by atoms with van der Waals surface area (Å²) in [6.07, 6.45) is 2.81. The summed E-state index contributed by atoms with van der Waals surface area (Å²) in [5, 5.41) is 18.7. The fraction of sp³-hybridized carbons (Fsp3) is 0.250. The number of rotatable bonds is 5. The highest BCUT2D eigenvalue weighted by atomic mass is 35.5. The highest BCUT2D eigenvalue weighted by Crippen LogP contribution is 2.13.